The van der Waals surface area contributed by atoms with Gasteiger partial charge in [0.25, 0.3) is 0 Å². The summed E-state index contributed by atoms with van der Waals surface area (Å²) in [5.41, 5.74) is 0. The zero-order valence-corrected chi connectivity index (χ0v) is 13.8. The molecule has 1 fully saturated rings. The number of hydrogen-bond acceptors (Lipinski definition) is 9. The van der Waals surface area contributed by atoms with Crippen molar-refractivity contribution in [2.45, 2.75) is 58.3 Å². The Bertz CT molecular complexity index is 506. The molecule has 1 heterocycles. The van der Waals surface area contributed by atoms with Crippen molar-refractivity contribution in [1.29, 1.82) is 0 Å². The summed E-state index contributed by atoms with van der Waals surface area (Å²) in [4.78, 5) is 45.4. The van der Waals surface area contributed by atoms with Crippen LogP contribution in [0.25, 0.3) is 0 Å². The molecule has 1 amide bonds. The summed E-state index contributed by atoms with van der Waals surface area (Å²) < 4.78 is 20.6. The molecule has 1 rings (SSSR count). The molecule has 136 valence electrons. The van der Waals surface area contributed by atoms with Crippen LogP contribution < -0.4 is 5.32 Å². The fraction of sp³-hybridized carbons (Fsp3) is 0.714. The average Bonchev–Trinajstić information content (AvgIpc) is 2.42. The number of aliphatic hydroxyl groups is 1. The lowest BCUT2D eigenvalue weighted by Gasteiger charge is -2.44. The van der Waals surface area contributed by atoms with Crippen molar-refractivity contribution >= 4 is 23.8 Å². The number of esters is 3. The molecule has 0 spiro atoms. The first-order valence-electron chi connectivity index (χ1n) is 7.20. The lowest BCUT2D eigenvalue weighted by Crippen LogP contribution is -2.66. The Morgan fingerprint density at radius 2 is 1.42 bits per heavy atom. The molecule has 0 aromatic rings. The third kappa shape index (κ3) is 5.46. The van der Waals surface area contributed by atoms with E-state index in [4.69, 9.17) is 18.9 Å². The van der Waals surface area contributed by atoms with Crippen LogP contribution in [0.4, 0.5) is 0 Å². The van der Waals surface area contributed by atoms with Gasteiger partial charge in [0.05, 0.1) is 6.61 Å². The van der Waals surface area contributed by atoms with Crippen molar-refractivity contribution < 1.29 is 43.2 Å². The van der Waals surface area contributed by atoms with E-state index in [-0.39, 0.29) is 0 Å². The fourth-order valence-electron chi connectivity index (χ4n) is 2.37. The molecule has 0 bridgehead atoms. The molecule has 2 N–H and O–H groups in total. The van der Waals surface area contributed by atoms with Crippen molar-refractivity contribution in [3.8, 4) is 0 Å². The van der Waals surface area contributed by atoms with Crippen LogP contribution in [0, 0.1) is 0 Å². The minimum atomic E-state index is -1.33. The minimum absolute atomic E-state index is 0.512. The largest absolute Gasteiger partial charge is 0.456 e. The van der Waals surface area contributed by atoms with Crippen LogP contribution in [-0.4, -0.2) is 66.2 Å². The molecule has 0 aromatic heterocycles. The Balaban J connectivity index is 3.23. The second-order valence-electron chi connectivity index (χ2n) is 5.21. The van der Waals surface area contributed by atoms with Crippen molar-refractivity contribution in [2.24, 2.45) is 0 Å². The number of aliphatic hydroxyl groups excluding tert-OH is 1. The molecule has 5 atom stereocenters. The molecule has 0 aliphatic carbocycles. The molecule has 0 unspecified atom stereocenters. The molecule has 1 aliphatic heterocycles. The lowest BCUT2D eigenvalue weighted by atomic mass is 9.96. The van der Waals surface area contributed by atoms with Gasteiger partial charge in [0.1, 0.15) is 12.1 Å². The van der Waals surface area contributed by atoms with Crippen LogP contribution in [0.5, 0.6) is 0 Å². The van der Waals surface area contributed by atoms with E-state index in [1.807, 2.05) is 0 Å². The quantitative estimate of drug-likeness (QED) is 0.456. The molecule has 0 radical (unpaired) electrons. The summed E-state index contributed by atoms with van der Waals surface area (Å²) in [7, 11) is 0. The zero-order chi connectivity index (χ0) is 18.4. The van der Waals surface area contributed by atoms with Crippen LogP contribution in [0.2, 0.25) is 0 Å². The number of amides is 1. The van der Waals surface area contributed by atoms with Crippen molar-refractivity contribution in [3.05, 3.63) is 0 Å². The summed E-state index contributed by atoms with van der Waals surface area (Å²) in [6, 6.07) is -1.12. The molecule has 1 saturated heterocycles. The van der Waals surface area contributed by atoms with Gasteiger partial charge in [-0.2, -0.15) is 0 Å². The maximum Gasteiger partial charge on any atom is 0.305 e. The second kappa shape index (κ2) is 8.60. The molecule has 0 saturated carbocycles. The first kappa shape index (κ1) is 19.8. The molecule has 10 nitrogen and oxygen atoms in total. The number of rotatable bonds is 5. The highest BCUT2D eigenvalue weighted by atomic mass is 16.7. The van der Waals surface area contributed by atoms with Gasteiger partial charge >= 0.3 is 17.9 Å². The number of ether oxygens (including phenoxy) is 4. The van der Waals surface area contributed by atoms with Gasteiger partial charge in [-0.25, -0.2) is 0 Å². The SMILES string of the molecule is CC(=O)N[C@@H]1[C@@H](OC(C)=O)O[C@H](CO)[C@@H](OC(C)=O)[C@@H]1OC(C)=O. The molecule has 1 aliphatic rings. The smallest absolute Gasteiger partial charge is 0.305 e. The lowest BCUT2D eigenvalue weighted by molar-refractivity contribution is -0.269. The van der Waals surface area contributed by atoms with E-state index < -0.39 is 61.1 Å². The van der Waals surface area contributed by atoms with Gasteiger partial charge in [-0.3, -0.25) is 19.2 Å². The van der Waals surface area contributed by atoms with Crippen LogP contribution in [0.15, 0.2) is 0 Å². The van der Waals surface area contributed by atoms with Gasteiger partial charge in [-0.05, 0) is 0 Å². The Morgan fingerprint density at radius 3 is 1.83 bits per heavy atom. The van der Waals surface area contributed by atoms with Crippen LogP contribution >= 0.6 is 0 Å². The van der Waals surface area contributed by atoms with E-state index in [0.29, 0.717) is 0 Å². The van der Waals surface area contributed by atoms with Gasteiger partial charge in [0, 0.05) is 27.7 Å². The summed E-state index contributed by atoms with van der Waals surface area (Å²) >= 11 is 0. The number of hydrogen-bond donors (Lipinski definition) is 2. The van der Waals surface area contributed by atoms with Crippen LogP contribution in [-0.2, 0) is 38.1 Å². The van der Waals surface area contributed by atoms with Gasteiger partial charge in [-0.15, -0.1) is 0 Å². The predicted octanol–water partition coefficient (Wildman–Crippen LogP) is -1.37. The van der Waals surface area contributed by atoms with E-state index in [1.165, 1.54) is 6.92 Å². The van der Waals surface area contributed by atoms with Gasteiger partial charge in [0.15, 0.2) is 12.2 Å². The third-order valence-corrected chi connectivity index (χ3v) is 3.08. The highest BCUT2D eigenvalue weighted by Crippen LogP contribution is 2.27. The maximum atomic E-state index is 11.4. The Hall–Kier alpha value is -2.20. The first-order chi connectivity index (χ1) is 11.1. The summed E-state index contributed by atoms with van der Waals surface area (Å²) in [5.74, 6) is -2.64. The van der Waals surface area contributed by atoms with E-state index in [0.717, 1.165) is 20.8 Å². The van der Waals surface area contributed by atoms with E-state index >= 15 is 0 Å². The number of carbonyl (C=O) groups excluding carboxylic acids is 4. The maximum absolute atomic E-state index is 11.4. The molecule has 10 heteroatoms. The standard InChI is InChI=1S/C14H21NO9/c1-6(17)15-11-13(22-8(3)19)12(21-7(2)18)10(5-16)24-14(11)23-9(4)20/h10-14,16H,5H2,1-4H3,(H,15,17)/t10-,11+,12-,13-,14+/m1/s1. The zero-order valence-electron chi connectivity index (χ0n) is 13.8. The van der Waals surface area contributed by atoms with E-state index in [9.17, 15) is 24.3 Å². The fourth-order valence-corrected chi connectivity index (χ4v) is 2.37. The van der Waals surface area contributed by atoms with E-state index in [1.54, 1.807) is 0 Å². The summed E-state index contributed by atoms with van der Waals surface area (Å²) in [6.07, 6.45) is -4.86. The van der Waals surface area contributed by atoms with Crippen LogP contribution in [0.3, 0.4) is 0 Å². The van der Waals surface area contributed by atoms with E-state index in [2.05, 4.69) is 5.32 Å². The van der Waals surface area contributed by atoms with Gasteiger partial charge in [-0.1, -0.05) is 0 Å². The Kier molecular flexibility index (Phi) is 7.11. The number of carbonyl (C=O) groups is 4. The van der Waals surface area contributed by atoms with Crippen molar-refractivity contribution in [2.75, 3.05) is 6.61 Å². The topological polar surface area (TPSA) is 137 Å². The number of nitrogens with one attached hydrogen (secondary N) is 1. The summed E-state index contributed by atoms with van der Waals surface area (Å²) in [5, 5.41) is 11.9. The highest BCUT2D eigenvalue weighted by molar-refractivity contribution is 5.74. The summed E-state index contributed by atoms with van der Waals surface area (Å²) in [6.45, 7) is 3.99. The average molecular weight is 347 g/mol. The molecular weight excluding hydrogens is 326 g/mol. The normalized spacial score (nSPS) is 29.3. The van der Waals surface area contributed by atoms with Crippen molar-refractivity contribution in [3.63, 3.8) is 0 Å². The third-order valence-electron chi connectivity index (χ3n) is 3.08. The molecule has 0 aromatic carbocycles. The highest BCUT2D eigenvalue weighted by Gasteiger charge is 2.51. The molecule has 24 heavy (non-hydrogen) atoms. The van der Waals surface area contributed by atoms with Crippen LogP contribution in [0.1, 0.15) is 27.7 Å². The first-order valence-corrected chi connectivity index (χ1v) is 7.20. The molecular formula is C14H21NO9. The Morgan fingerprint density at radius 1 is 0.917 bits per heavy atom. The second-order valence-corrected chi connectivity index (χ2v) is 5.21. The monoisotopic (exact) mass is 347 g/mol. The minimum Gasteiger partial charge on any atom is -0.456 e. The van der Waals surface area contributed by atoms with Gasteiger partial charge in [0.2, 0.25) is 12.2 Å². The predicted molar refractivity (Wildman–Crippen MR) is 76.2 cm³/mol. The Labute approximate surface area is 138 Å². The van der Waals surface area contributed by atoms with Crippen molar-refractivity contribution in [1.82, 2.24) is 5.32 Å². The van der Waals surface area contributed by atoms with Gasteiger partial charge < -0.3 is 29.4 Å².